The zero-order valence-electron chi connectivity index (χ0n) is 11.2. The summed E-state index contributed by atoms with van der Waals surface area (Å²) in [4.78, 5) is 12.3. The molecule has 96 valence electrons. The standard InChI is InChI=1S/C15H24O2/c1-10(2)12-4-5-13-14(17)8-11(9-16)6-7-15(12,13)3/h8,10,12-13,16H,4-7,9H2,1-3H3/t12-,13+,15-/m0/s1. The van der Waals surface area contributed by atoms with Gasteiger partial charge in [-0.15, -0.1) is 0 Å². The number of fused-ring (bicyclic) bond motifs is 1. The second-order valence-corrected chi connectivity index (χ2v) is 6.35. The van der Waals surface area contributed by atoms with E-state index in [4.69, 9.17) is 0 Å². The van der Waals surface area contributed by atoms with Crippen LogP contribution in [0.15, 0.2) is 11.6 Å². The summed E-state index contributed by atoms with van der Waals surface area (Å²) in [6.07, 6.45) is 5.88. The van der Waals surface area contributed by atoms with E-state index in [1.54, 1.807) is 6.08 Å². The van der Waals surface area contributed by atoms with Crippen LogP contribution in [0.2, 0.25) is 0 Å². The Morgan fingerprint density at radius 1 is 1.47 bits per heavy atom. The minimum absolute atomic E-state index is 0.0425. The van der Waals surface area contributed by atoms with E-state index in [0.717, 1.165) is 24.8 Å². The maximum atomic E-state index is 12.3. The number of carbonyl (C=O) groups is 1. The second-order valence-electron chi connectivity index (χ2n) is 6.35. The lowest BCUT2D eigenvalue weighted by atomic mass is 9.66. The number of aliphatic hydroxyl groups is 1. The van der Waals surface area contributed by atoms with Crippen LogP contribution in [0.4, 0.5) is 0 Å². The summed E-state index contributed by atoms with van der Waals surface area (Å²) in [5.41, 5.74) is 1.08. The molecule has 0 radical (unpaired) electrons. The van der Waals surface area contributed by atoms with Gasteiger partial charge in [0.15, 0.2) is 5.78 Å². The van der Waals surface area contributed by atoms with Gasteiger partial charge in [0.05, 0.1) is 6.61 Å². The van der Waals surface area contributed by atoms with Crippen LogP contribution in [0.25, 0.3) is 0 Å². The smallest absolute Gasteiger partial charge is 0.159 e. The topological polar surface area (TPSA) is 37.3 Å². The van der Waals surface area contributed by atoms with Gasteiger partial charge in [0.25, 0.3) is 0 Å². The number of hydrogen-bond acceptors (Lipinski definition) is 2. The molecule has 2 heteroatoms. The Morgan fingerprint density at radius 2 is 2.18 bits per heavy atom. The molecule has 2 aliphatic carbocycles. The quantitative estimate of drug-likeness (QED) is 0.800. The fourth-order valence-corrected chi connectivity index (χ4v) is 4.11. The lowest BCUT2D eigenvalue weighted by Crippen LogP contribution is -2.34. The molecule has 0 aliphatic heterocycles. The van der Waals surface area contributed by atoms with E-state index in [-0.39, 0.29) is 23.7 Å². The molecular weight excluding hydrogens is 212 g/mol. The van der Waals surface area contributed by atoms with E-state index in [1.165, 1.54) is 6.42 Å². The number of allylic oxidation sites excluding steroid dienone is 1. The molecule has 3 atom stereocenters. The summed E-state index contributed by atoms with van der Waals surface area (Å²) in [5.74, 6) is 1.76. The molecular formula is C15H24O2. The zero-order valence-corrected chi connectivity index (χ0v) is 11.2. The van der Waals surface area contributed by atoms with E-state index < -0.39 is 0 Å². The van der Waals surface area contributed by atoms with Crippen LogP contribution in [0.5, 0.6) is 0 Å². The Morgan fingerprint density at radius 3 is 2.76 bits per heavy atom. The average molecular weight is 236 g/mol. The van der Waals surface area contributed by atoms with Crippen molar-refractivity contribution in [3.05, 3.63) is 11.6 Å². The van der Waals surface area contributed by atoms with E-state index in [9.17, 15) is 9.90 Å². The molecule has 17 heavy (non-hydrogen) atoms. The van der Waals surface area contributed by atoms with Gasteiger partial charge >= 0.3 is 0 Å². The van der Waals surface area contributed by atoms with Crippen molar-refractivity contribution >= 4 is 5.78 Å². The van der Waals surface area contributed by atoms with Gasteiger partial charge in [-0.3, -0.25) is 4.79 Å². The third-order valence-electron chi connectivity index (χ3n) is 5.09. The number of carbonyl (C=O) groups excluding carboxylic acids is 1. The van der Waals surface area contributed by atoms with Crippen molar-refractivity contribution in [1.29, 1.82) is 0 Å². The molecule has 0 unspecified atom stereocenters. The van der Waals surface area contributed by atoms with Gasteiger partial charge in [-0.1, -0.05) is 20.8 Å². The molecule has 0 aromatic rings. The van der Waals surface area contributed by atoms with E-state index >= 15 is 0 Å². The summed E-state index contributed by atoms with van der Waals surface area (Å²) in [6.45, 7) is 6.88. The molecule has 1 saturated carbocycles. The number of hydrogen-bond donors (Lipinski definition) is 1. The fourth-order valence-electron chi connectivity index (χ4n) is 4.11. The Balaban J connectivity index is 2.29. The Labute approximate surface area is 104 Å². The SMILES string of the molecule is CC(C)[C@@H]1CC[C@@H]2C(=O)C=C(CO)CC[C@]21C. The molecule has 2 aliphatic rings. The molecule has 0 saturated heterocycles. The van der Waals surface area contributed by atoms with Crippen LogP contribution in [0.3, 0.4) is 0 Å². The highest BCUT2D eigenvalue weighted by Gasteiger charge is 2.50. The maximum Gasteiger partial charge on any atom is 0.159 e. The van der Waals surface area contributed by atoms with Gasteiger partial charge < -0.3 is 5.11 Å². The molecule has 0 bridgehead atoms. The van der Waals surface area contributed by atoms with Crippen molar-refractivity contribution in [3.8, 4) is 0 Å². The predicted octanol–water partition coefficient (Wildman–Crippen LogP) is 2.96. The third-order valence-corrected chi connectivity index (χ3v) is 5.09. The van der Waals surface area contributed by atoms with Crippen LogP contribution in [-0.4, -0.2) is 17.5 Å². The molecule has 0 spiro atoms. The number of ketones is 1. The van der Waals surface area contributed by atoms with Crippen LogP contribution in [-0.2, 0) is 4.79 Å². The summed E-state index contributed by atoms with van der Waals surface area (Å²) >= 11 is 0. The van der Waals surface area contributed by atoms with Gasteiger partial charge in [0.1, 0.15) is 0 Å². The average Bonchev–Trinajstić information content (AvgIpc) is 2.56. The first-order valence-corrected chi connectivity index (χ1v) is 6.83. The Bertz CT molecular complexity index is 343. The highest BCUT2D eigenvalue weighted by Crippen LogP contribution is 2.55. The number of aliphatic hydroxyl groups excluding tert-OH is 1. The summed E-state index contributed by atoms with van der Waals surface area (Å²) in [7, 11) is 0. The lowest BCUT2D eigenvalue weighted by molar-refractivity contribution is -0.121. The Kier molecular flexibility index (Phi) is 3.44. The van der Waals surface area contributed by atoms with E-state index in [2.05, 4.69) is 20.8 Å². The van der Waals surface area contributed by atoms with Crippen molar-refractivity contribution < 1.29 is 9.90 Å². The maximum absolute atomic E-state index is 12.3. The number of rotatable bonds is 2. The summed E-state index contributed by atoms with van der Waals surface area (Å²) in [5, 5.41) is 9.24. The monoisotopic (exact) mass is 236 g/mol. The van der Waals surface area contributed by atoms with Crippen molar-refractivity contribution in [1.82, 2.24) is 0 Å². The molecule has 0 heterocycles. The van der Waals surface area contributed by atoms with Crippen LogP contribution >= 0.6 is 0 Å². The first kappa shape index (κ1) is 12.8. The van der Waals surface area contributed by atoms with E-state index in [1.807, 2.05) is 0 Å². The highest BCUT2D eigenvalue weighted by atomic mass is 16.3. The summed E-state index contributed by atoms with van der Waals surface area (Å²) in [6, 6.07) is 0. The highest BCUT2D eigenvalue weighted by molar-refractivity contribution is 5.93. The Hall–Kier alpha value is -0.630. The third kappa shape index (κ3) is 2.08. The first-order chi connectivity index (χ1) is 7.99. The summed E-state index contributed by atoms with van der Waals surface area (Å²) < 4.78 is 0. The normalized spacial score (nSPS) is 37.9. The van der Waals surface area contributed by atoms with Gasteiger partial charge in [0, 0.05) is 5.92 Å². The fraction of sp³-hybridized carbons (Fsp3) is 0.800. The molecule has 1 fully saturated rings. The molecule has 0 aromatic carbocycles. The molecule has 0 amide bonds. The van der Waals surface area contributed by atoms with Gasteiger partial charge in [-0.25, -0.2) is 0 Å². The molecule has 1 N–H and O–H groups in total. The van der Waals surface area contributed by atoms with Crippen LogP contribution < -0.4 is 0 Å². The van der Waals surface area contributed by atoms with Crippen molar-refractivity contribution in [3.63, 3.8) is 0 Å². The minimum atomic E-state index is 0.0425. The largest absolute Gasteiger partial charge is 0.392 e. The lowest BCUT2D eigenvalue weighted by Gasteiger charge is -2.37. The van der Waals surface area contributed by atoms with Crippen molar-refractivity contribution in [2.75, 3.05) is 6.61 Å². The van der Waals surface area contributed by atoms with Gasteiger partial charge in [-0.2, -0.15) is 0 Å². The first-order valence-electron chi connectivity index (χ1n) is 6.83. The zero-order chi connectivity index (χ0) is 12.6. The van der Waals surface area contributed by atoms with Crippen molar-refractivity contribution in [2.24, 2.45) is 23.2 Å². The van der Waals surface area contributed by atoms with Crippen LogP contribution in [0.1, 0.15) is 46.5 Å². The molecule has 0 aromatic heterocycles. The van der Waals surface area contributed by atoms with Crippen molar-refractivity contribution in [2.45, 2.75) is 46.5 Å². The minimum Gasteiger partial charge on any atom is -0.392 e. The molecule has 2 rings (SSSR count). The van der Waals surface area contributed by atoms with Gasteiger partial charge in [0.2, 0.25) is 0 Å². The predicted molar refractivity (Wildman–Crippen MR) is 68.6 cm³/mol. The molecule has 2 nitrogen and oxygen atoms in total. The van der Waals surface area contributed by atoms with Gasteiger partial charge in [-0.05, 0) is 54.6 Å². The second kappa shape index (κ2) is 4.56. The van der Waals surface area contributed by atoms with E-state index in [0.29, 0.717) is 11.8 Å². The van der Waals surface area contributed by atoms with Crippen LogP contribution in [0, 0.1) is 23.2 Å².